The predicted octanol–water partition coefficient (Wildman–Crippen LogP) is 5.97. The lowest BCUT2D eigenvalue weighted by atomic mass is 10.2. The molecule has 0 amide bonds. The summed E-state index contributed by atoms with van der Waals surface area (Å²) in [6.07, 6.45) is 5.41. The van der Waals surface area contributed by atoms with Crippen molar-refractivity contribution in [2.75, 3.05) is 24.9 Å². The molecule has 11 heteroatoms. The molecule has 2 aromatic carbocycles. The zero-order chi connectivity index (χ0) is 28.8. The van der Waals surface area contributed by atoms with Gasteiger partial charge < -0.3 is 20.1 Å². The number of ether oxygens (including phenoxy) is 2. The molecule has 0 fully saturated rings. The number of methoxy groups -OCH3 is 2. The van der Waals surface area contributed by atoms with Crippen molar-refractivity contribution >= 4 is 34.5 Å². The van der Waals surface area contributed by atoms with Gasteiger partial charge in [0.1, 0.15) is 28.3 Å². The molecule has 0 spiro atoms. The van der Waals surface area contributed by atoms with Gasteiger partial charge in [-0.05, 0) is 55.3 Å². The molecular weight excluding hydrogens is 540 g/mol. The quantitative estimate of drug-likeness (QED) is 0.216. The number of fused-ring (bicyclic) bond motifs is 2. The van der Waals surface area contributed by atoms with Gasteiger partial charge in [0.15, 0.2) is 0 Å². The van der Waals surface area contributed by atoms with Crippen LogP contribution in [0, 0.1) is 13.8 Å². The second-order valence-electron chi connectivity index (χ2n) is 9.21. The Labute approximate surface area is 243 Å². The third kappa shape index (κ3) is 6.50. The molecule has 0 atom stereocenters. The zero-order valence-electron chi connectivity index (χ0n) is 23.3. The topological polar surface area (TPSA) is 103 Å². The molecule has 210 valence electrons. The maximum atomic E-state index is 6.05. The monoisotopic (exact) mass is 570 g/mol. The molecule has 4 aromatic heterocycles. The Bertz CT molecular complexity index is 1750. The van der Waals surface area contributed by atoms with Crippen LogP contribution in [0.2, 0.25) is 5.15 Å². The minimum atomic E-state index is 0.444. The van der Waals surface area contributed by atoms with E-state index in [2.05, 4.69) is 30.6 Å². The second-order valence-corrected chi connectivity index (χ2v) is 9.59. The van der Waals surface area contributed by atoms with Crippen LogP contribution in [0.15, 0.2) is 79.3 Å². The third-order valence-electron chi connectivity index (χ3n) is 6.50. The average Bonchev–Trinajstić information content (AvgIpc) is 3.57. The lowest BCUT2D eigenvalue weighted by molar-refractivity contribution is 0.414. The summed E-state index contributed by atoms with van der Waals surface area (Å²) in [6, 6.07) is 19.6. The fraction of sp³-hybridized carbons (Fsp3) is 0.200. The largest absolute Gasteiger partial charge is 0.497 e. The molecule has 0 aliphatic carbocycles. The van der Waals surface area contributed by atoms with Gasteiger partial charge in [-0.2, -0.15) is 0 Å². The highest BCUT2D eigenvalue weighted by Crippen LogP contribution is 2.19. The van der Waals surface area contributed by atoms with Crippen LogP contribution in [-0.2, 0) is 13.1 Å². The minimum absolute atomic E-state index is 0.444. The van der Waals surface area contributed by atoms with E-state index in [-0.39, 0.29) is 0 Å². The van der Waals surface area contributed by atoms with Gasteiger partial charge in [0.2, 0.25) is 11.9 Å². The number of nitrogens with one attached hydrogen (secondary N) is 2. The summed E-state index contributed by atoms with van der Waals surface area (Å²) in [5.74, 6) is 4.97. The molecule has 4 heterocycles. The number of hydrogen-bond acceptors (Lipinski definition) is 8. The van der Waals surface area contributed by atoms with Crippen LogP contribution in [0.4, 0.5) is 11.9 Å². The van der Waals surface area contributed by atoms with Crippen molar-refractivity contribution < 1.29 is 9.47 Å². The first-order chi connectivity index (χ1) is 19.9. The van der Waals surface area contributed by atoms with Crippen LogP contribution < -0.4 is 20.1 Å². The Hall–Kier alpha value is -4.83. The van der Waals surface area contributed by atoms with Gasteiger partial charge in [0.05, 0.1) is 37.6 Å². The van der Waals surface area contributed by atoms with Gasteiger partial charge in [-0.1, -0.05) is 35.9 Å². The van der Waals surface area contributed by atoms with Crippen LogP contribution in [0.3, 0.4) is 0 Å². The van der Waals surface area contributed by atoms with Gasteiger partial charge in [-0.25, -0.2) is 19.9 Å². The fourth-order valence-corrected chi connectivity index (χ4v) is 4.53. The number of halogens is 1. The minimum Gasteiger partial charge on any atom is -0.497 e. The van der Waals surface area contributed by atoms with Crippen LogP contribution in [-0.4, -0.2) is 43.0 Å². The van der Waals surface area contributed by atoms with Crippen molar-refractivity contribution in [3.63, 3.8) is 0 Å². The normalized spacial score (nSPS) is 10.8. The number of aryl methyl sites for hydroxylation is 2. The van der Waals surface area contributed by atoms with Gasteiger partial charge in [-0.3, -0.25) is 8.80 Å². The molecule has 2 N–H and O–H groups in total. The van der Waals surface area contributed by atoms with Crippen molar-refractivity contribution in [2.45, 2.75) is 26.9 Å². The smallest absolute Gasteiger partial charge is 0.210 e. The van der Waals surface area contributed by atoms with E-state index >= 15 is 0 Å². The standard InChI is InChI=1S/C15H15ClN4O.C15H16N4O/c1-10-17-9-12-7-14(16)19-15(20(10)12)18-8-11-3-5-13(21-2)6-4-11;1-11-17-10-13-7-8-16-15(19(11)13)18-9-12-3-5-14(20-2)6-4-12/h3-7,9H,8H2,1-2H3,(H,18,19);3-8,10H,9H2,1-2H3,(H,16,18). The predicted molar refractivity (Wildman–Crippen MR) is 161 cm³/mol. The zero-order valence-corrected chi connectivity index (χ0v) is 24.1. The first-order valence-electron chi connectivity index (χ1n) is 13.0. The van der Waals surface area contributed by atoms with Crippen molar-refractivity contribution in [1.29, 1.82) is 0 Å². The van der Waals surface area contributed by atoms with E-state index in [4.69, 9.17) is 21.1 Å². The van der Waals surface area contributed by atoms with Gasteiger partial charge in [-0.15, -0.1) is 0 Å². The first kappa shape index (κ1) is 27.7. The maximum absolute atomic E-state index is 6.05. The Morgan fingerprint density at radius 1 is 0.683 bits per heavy atom. The Morgan fingerprint density at radius 3 is 1.76 bits per heavy atom. The average molecular weight is 571 g/mol. The number of anilines is 2. The number of benzene rings is 2. The van der Waals surface area contributed by atoms with E-state index in [0.29, 0.717) is 24.2 Å². The van der Waals surface area contributed by atoms with Crippen molar-refractivity contribution in [2.24, 2.45) is 0 Å². The Kier molecular flexibility index (Phi) is 8.50. The molecule has 6 rings (SSSR count). The number of nitrogens with zero attached hydrogens (tertiary/aromatic N) is 6. The van der Waals surface area contributed by atoms with E-state index < -0.39 is 0 Å². The molecule has 0 saturated carbocycles. The van der Waals surface area contributed by atoms with Crippen molar-refractivity contribution in [3.8, 4) is 11.5 Å². The molecular formula is C30H31ClN8O2. The highest BCUT2D eigenvalue weighted by molar-refractivity contribution is 6.29. The summed E-state index contributed by atoms with van der Waals surface area (Å²) in [4.78, 5) is 17.3. The van der Waals surface area contributed by atoms with Crippen LogP contribution >= 0.6 is 11.6 Å². The second kappa shape index (κ2) is 12.6. The molecule has 0 saturated heterocycles. The van der Waals surface area contributed by atoms with E-state index in [9.17, 15) is 0 Å². The molecule has 0 unspecified atom stereocenters. The van der Waals surface area contributed by atoms with Crippen LogP contribution in [0.1, 0.15) is 22.8 Å². The molecule has 10 nitrogen and oxygen atoms in total. The van der Waals surface area contributed by atoms with E-state index in [1.807, 2.05) is 83.4 Å². The van der Waals surface area contributed by atoms with E-state index in [1.165, 1.54) is 5.56 Å². The fourth-order valence-electron chi connectivity index (χ4n) is 4.33. The summed E-state index contributed by atoms with van der Waals surface area (Å²) in [6.45, 7) is 5.24. The van der Waals surface area contributed by atoms with Gasteiger partial charge in [0.25, 0.3) is 0 Å². The number of aromatic nitrogens is 6. The first-order valence-corrected chi connectivity index (χ1v) is 13.4. The van der Waals surface area contributed by atoms with E-state index in [0.717, 1.165) is 45.7 Å². The Morgan fingerprint density at radius 2 is 1.20 bits per heavy atom. The number of imidazole rings is 2. The molecule has 41 heavy (non-hydrogen) atoms. The lowest BCUT2D eigenvalue weighted by Gasteiger charge is -2.10. The molecule has 0 aliphatic rings. The number of hydrogen-bond donors (Lipinski definition) is 2. The molecule has 0 radical (unpaired) electrons. The SMILES string of the molecule is COc1ccc(CNc2nc(Cl)cc3cnc(C)n23)cc1.COc1ccc(CNc2nccc3cnc(C)n23)cc1. The summed E-state index contributed by atoms with van der Waals surface area (Å²) in [5.41, 5.74) is 4.25. The van der Waals surface area contributed by atoms with E-state index in [1.54, 1.807) is 32.7 Å². The third-order valence-corrected chi connectivity index (χ3v) is 6.69. The maximum Gasteiger partial charge on any atom is 0.210 e. The molecule has 0 aliphatic heterocycles. The van der Waals surface area contributed by atoms with Crippen molar-refractivity contribution in [1.82, 2.24) is 28.7 Å². The summed E-state index contributed by atoms with van der Waals surface area (Å²) < 4.78 is 14.2. The van der Waals surface area contributed by atoms with Crippen LogP contribution in [0.25, 0.3) is 11.0 Å². The number of rotatable bonds is 8. The Balaban J connectivity index is 0.000000165. The summed E-state index contributed by atoms with van der Waals surface area (Å²) in [5, 5.41) is 7.08. The molecule has 0 bridgehead atoms. The van der Waals surface area contributed by atoms with Crippen molar-refractivity contribution in [3.05, 3.63) is 107 Å². The van der Waals surface area contributed by atoms with Crippen LogP contribution in [0.5, 0.6) is 11.5 Å². The highest BCUT2D eigenvalue weighted by Gasteiger charge is 2.08. The van der Waals surface area contributed by atoms with Gasteiger partial charge >= 0.3 is 0 Å². The summed E-state index contributed by atoms with van der Waals surface area (Å²) in [7, 11) is 3.32. The lowest BCUT2D eigenvalue weighted by Crippen LogP contribution is -2.07. The summed E-state index contributed by atoms with van der Waals surface area (Å²) >= 11 is 6.05. The highest BCUT2D eigenvalue weighted by atomic mass is 35.5. The molecule has 6 aromatic rings. The van der Waals surface area contributed by atoms with Gasteiger partial charge in [0, 0.05) is 25.4 Å².